The number of fused-ring (bicyclic) bond motifs is 3. The van der Waals surface area contributed by atoms with Gasteiger partial charge in [-0.2, -0.15) is 0 Å². The summed E-state index contributed by atoms with van der Waals surface area (Å²) >= 11 is 0. The van der Waals surface area contributed by atoms with Crippen molar-refractivity contribution in [2.45, 2.75) is 58.4 Å². The molecule has 3 fully saturated rings. The van der Waals surface area contributed by atoms with Gasteiger partial charge in [0.15, 0.2) is 0 Å². The number of allylic oxidation sites excluding steroid dienone is 2. The second-order valence-corrected chi connectivity index (χ2v) is 8.30. The summed E-state index contributed by atoms with van der Waals surface area (Å²) in [6, 6.07) is 0.936. The van der Waals surface area contributed by atoms with Crippen LogP contribution in [0.2, 0.25) is 0 Å². The van der Waals surface area contributed by atoms with E-state index in [2.05, 4.69) is 30.9 Å². The third kappa shape index (κ3) is 2.08. The Hall–Kier alpha value is -0.300. The first kappa shape index (κ1) is 13.4. The van der Waals surface area contributed by atoms with Crippen molar-refractivity contribution in [3.63, 3.8) is 0 Å². The van der Waals surface area contributed by atoms with Crippen molar-refractivity contribution in [2.24, 2.45) is 35.5 Å². The SMILES string of the molecule is CC1CN2CC3CCC(C4C=CCCC4)CC3C2[C@@H]1C. The first-order valence-corrected chi connectivity index (χ1v) is 9.14. The zero-order valence-electron chi connectivity index (χ0n) is 13.3. The monoisotopic (exact) mass is 273 g/mol. The van der Waals surface area contributed by atoms with Crippen molar-refractivity contribution in [3.05, 3.63) is 12.2 Å². The van der Waals surface area contributed by atoms with Crippen molar-refractivity contribution in [2.75, 3.05) is 13.1 Å². The van der Waals surface area contributed by atoms with Gasteiger partial charge in [0.1, 0.15) is 0 Å². The standard InChI is InChI=1S/C19H31N/c1-13-11-20-12-17-9-8-16(15-6-4-3-5-7-15)10-18(17)19(20)14(13)2/h4,6,13-19H,3,5,7-12H2,1-2H3/t13?,14-,15?,16?,17?,18?,19?/m1/s1. The van der Waals surface area contributed by atoms with Gasteiger partial charge in [0, 0.05) is 19.1 Å². The number of rotatable bonds is 1. The first-order chi connectivity index (χ1) is 9.74. The molecule has 2 aliphatic heterocycles. The maximum atomic E-state index is 2.86. The van der Waals surface area contributed by atoms with Gasteiger partial charge in [-0.3, -0.25) is 4.90 Å². The van der Waals surface area contributed by atoms with E-state index in [1.807, 2.05) is 0 Å². The van der Waals surface area contributed by atoms with E-state index in [0.717, 1.165) is 41.5 Å². The summed E-state index contributed by atoms with van der Waals surface area (Å²) in [6.45, 7) is 7.81. The molecule has 2 heterocycles. The van der Waals surface area contributed by atoms with Crippen LogP contribution in [0.1, 0.15) is 52.4 Å². The summed E-state index contributed by atoms with van der Waals surface area (Å²) in [6.07, 6.45) is 13.9. The molecule has 0 aromatic heterocycles. The van der Waals surface area contributed by atoms with E-state index in [4.69, 9.17) is 0 Å². The molecule has 1 nitrogen and oxygen atoms in total. The minimum atomic E-state index is 0.924. The summed E-state index contributed by atoms with van der Waals surface area (Å²) in [4.78, 5) is 2.86. The predicted octanol–water partition coefficient (Wildman–Crippen LogP) is 4.35. The Morgan fingerprint density at radius 2 is 1.85 bits per heavy atom. The van der Waals surface area contributed by atoms with Gasteiger partial charge >= 0.3 is 0 Å². The fourth-order valence-electron chi connectivity index (χ4n) is 6.05. The molecule has 0 amide bonds. The van der Waals surface area contributed by atoms with E-state index in [1.54, 1.807) is 0 Å². The number of hydrogen-bond acceptors (Lipinski definition) is 1. The molecule has 0 aromatic carbocycles. The molecule has 2 aliphatic carbocycles. The van der Waals surface area contributed by atoms with Crippen molar-refractivity contribution in [1.29, 1.82) is 0 Å². The van der Waals surface area contributed by atoms with Crippen LogP contribution in [0.25, 0.3) is 0 Å². The molecular formula is C19H31N. The summed E-state index contributed by atoms with van der Waals surface area (Å²) in [5, 5.41) is 0. The Morgan fingerprint density at radius 1 is 1.00 bits per heavy atom. The van der Waals surface area contributed by atoms with Crippen molar-refractivity contribution >= 4 is 0 Å². The quantitative estimate of drug-likeness (QED) is 0.642. The molecule has 7 atom stereocenters. The van der Waals surface area contributed by atoms with Crippen molar-refractivity contribution in [1.82, 2.24) is 4.90 Å². The zero-order valence-corrected chi connectivity index (χ0v) is 13.3. The van der Waals surface area contributed by atoms with Gasteiger partial charge in [0.05, 0.1) is 0 Å². The highest BCUT2D eigenvalue weighted by Gasteiger charge is 2.51. The average molecular weight is 273 g/mol. The Bertz CT molecular complexity index is 387. The van der Waals surface area contributed by atoms with E-state index >= 15 is 0 Å². The van der Waals surface area contributed by atoms with Gasteiger partial charge in [-0.1, -0.05) is 26.0 Å². The third-order valence-corrected chi connectivity index (χ3v) is 7.27. The van der Waals surface area contributed by atoms with Crippen molar-refractivity contribution in [3.8, 4) is 0 Å². The van der Waals surface area contributed by atoms with E-state index in [0.29, 0.717) is 0 Å². The van der Waals surface area contributed by atoms with Gasteiger partial charge < -0.3 is 0 Å². The second-order valence-electron chi connectivity index (χ2n) is 8.30. The van der Waals surface area contributed by atoms with Crippen LogP contribution in [-0.4, -0.2) is 24.0 Å². The van der Waals surface area contributed by atoms with Crippen LogP contribution >= 0.6 is 0 Å². The maximum Gasteiger partial charge on any atom is 0.0156 e. The molecule has 4 aliphatic rings. The topological polar surface area (TPSA) is 3.24 Å². The lowest BCUT2D eigenvalue weighted by Gasteiger charge is -2.39. The molecule has 0 aromatic rings. The molecule has 0 radical (unpaired) electrons. The van der Waals surface area contributed by atoms with Crippen LogP contribution in [0.3, 0.4) is 0 Å². The molecule has 1 heteroatoms. The Morgan fingerprint density at radius 3 is 2.65 bits per heavy atom. The predicted molar refractivity (Wildman–Crippen MR) is 84.5 cm³/mol. The van der Waals surface area contributed by atoms with E-state index in [-0.39, 0.29) is 0 Å². The summed E-state index contributed by atoms with van der Waals surface area (Å²) in [5.74, 6) is 5.87. The third-order valence-electron chi connectivity index (χ3n) is 7.27. The molecule has 6 unspecified atom stereocenters. The fraction of sp³-hybridized carbons (Fsp3) is 0.895. The van der Waals surface area contributed by atoms with Crippen LogP contribution in [0, 0.1) is 35.5 Å². The van der Waals surface area contributed by atoms with Crippen LogP contribution in [-0.2, 0) is 0 Å². The van der Waals surface area contributed by atoms with Gasteiger partial charge in [0.25, 0.3) is 0 Å². The van der Waals surface area contributed by atoms with E-state index in [9.17, 15) is 0 Å². The molecule has 4 rings (SSSR count). The smallest absolute Gasteiger partial charge is 0.0156 e. The van der Waals surface area contributed by atoms with Crippen molar-refractivity contribution < 1.29 is 0 Å². The van der Waals surface area contributed by atoms with Gasteiger partial charge in [-0.05, 0) is 74.0 Å². The minimum absolute atomic E-state index is 0.924. The molecule has 20 heavy (non-hydrogen) atoms. The lowest BCUT2D eigenvalue weighted by Crippen LogP contribution is -2.35. The molecular weight excluding hydrogens is 242 g/mol. The molecule has 1 saturated carbocycles. The Labute approximate surface area is 124 Å². The maximum absolute atomic E-state index is 2.86. The Balaban J connectivity index is 1.49. The fourth-order valence-corrected chi connectivity index (χ4v) is 6.05. The lowest BCUT2D eigenvalue weighted by molar-refractivity contribution is 0.140. The summed E-state index contributed by atoms with van der Waals surface area (Å²) < 4.78 is 0. The second kappa shape index (κ2) is 5.16. The molecule has 0 spiro atoms. The summed E-state index contributed by atoms with van der Waals surface area (Å²) in [7, 11) is 0. The minimum Gasteiger partial charge on any atom is -0.299 e. The van der Waals surface area contributed by atoms with Gasteiger partial charge in [-0.15, -0.1) is 0 Å². The van der Waals surface area contributed by atoms with Gasteiger partial charge in [0.2, 0.25) is 0 Å². The van der Waals surface area contributed by atoms with E-state index in [1.165, 1.54) is 51.6 Å². The molecule has 0 bridgehead atoms. The summed E-state index contributed by atoms with van der Waals surface area (Å²) in [5.41, 5.74) is 0. The molecule has 0 N–H and O–H groups in total. The van der Waals surface area contributed by atoms with Crippen LogP contribution in [0.5, 0.6) is 0 Å². The highest BCUT2D eigenvalue weighted by atomic mass is 15.2. The largest absolute Gasteiger partial charge is 0.299 e. The van der Waals surface area contributed by atoms with E-state index < -0.39 is 0 Å². The highest BCUT2D eigenvalue weighted by molar-refractivity contribution is 5.05. The molecule has 112 valence electrons. The number of hydrogen-bond donors (Lipinski definition) is 0. The van der Waals surface area contributed by atoms with Gasteiger partial charge in [-0.25, -0.2) is 0 Å². The Kier molecular flexibility index (Phi) is 3.45. The average Bonchev–Trinajstić information content (AvgIpc) is 2.96. The number of nitrogens with zero attached hydrogens (tertiary/aromatic N) is 1. The van der Waals surface area contributed by atoms with Crippen LogP contribution in [0.4, 0.5) is 0 Å². The normalized spacial score (nSPS) is 52.0. The van der Waals surface area contributed by atoms with Crippen LogP contribution < -0.4 is 0 Å². The lowest BCUT2D eigenvalue weighted by atomic mass is 9.66. The van der Waals surface area contributed by atoms with Crippen LogP contribution in [0.15, 0.2) is 12.2 Å². The first-order valence-electron chi connectivity index (χ1n) is 9.14. The molecule has 2 saturated heterocycles. The highest BCUT2D eigenvalue weighted by Crippen LogP contribution is 2.51. The zero-order chi connectivity index (χ0) is 13.7.